The number of rotatable bonds is 5. The molecule has 27 heavy (non-hydrogen) atoms. The number of anilines is 1. The van der Waals surface area contributed by atoms with E-state index in [-0.39, 0.29) is 5.13 Å². The summed E-state index contributed by atoms with van der Waals surface area (Å²) < 4.78 is 39.7. The molecule has 1 heterocycles. The van der Waals surface area contributed by atoms with Gasteiger partial charge in [-0.05, 0) is 29.8 Å². The molecule has 0 saturated carbocycles. The third kappa shape index (κ3) is 5.21. The first kappa shape index (κ1) is 19.7. The maximum absolute atomic E-state index is 13.0. The molecule has 3 aromatic rings. The fraction of sp³-hybridized carbons (Fsp3) is 0.118. The van der Waals surface area contributed by atoms with Crippen LogP contribution >= 0.6 is 34.7 Å². The van der Waals surface area contributed by atoms with Gasteiger partial charge < -0.3 is 0 Å². The Morgan fingerprint density at radius 1 is 1.11 bits per heavy atom. The maximum Gasteiger partial charge on any atom is 0.417 e. The highest BCUT2D eigenvalue weighted by molar-refractivity contribution is 8.00. The second kappa shape index (κ2) is 8.28. The number of alkyl halides is 3. The molecule has 0 atom stereocenters. The van der Waals surface area contributed by atoms with Gasteiger partial charge in [0.15, 0.2) is 4.34 Å². The van der Waals surface area contributed by atoms with Crippen LogP contribution < -0.4 is 5.32 Å². The smallest absolute Gasteiger partial charge is 0.296 e. The normalized spacial score (nSPS) is 11.4. The Balaban J connectivity index is 1.66. The number of carbonyl (C=O) groups excluding carboxylic acids is 1. The zero-order chi connectivity index (χ0) is 19.4. The lowest BCUT2D eigenvalue weighted by molar-refractivity contribution is -0.137. The van der Waals surface area contributed by atoms with Crippen LogP contribution in [-0.2, 0) is 11.9 Å². The van der Waals surface area contributed by atoms with E-state index >= 15 is 0 Å². The zero-order valence-electron chi connectivity index (χ0n) is 13.5. The summed E-state index contributed by atoms with van der Waals surface area (Å²) in [6.45, 7) is 0. The number of halogens is 4. The van der Waals surface area contributed by atoms with Crippen LogP contribution in [0.4, 0.5) is 18.3 Å². The number of benzene rings is 2. The zero-order valence-corrected chi connectivity index (χ0v) is 15.8. The van der Waals surface area contributed by atoms with Crippen molar-refractivity contribution in [2.45, 2.75) is 16.3 Å². The van der Waals surface area contributed by atoms with E-state index in [4.69, 9.17) is 11.6 Å². The van der Waals surface area contributed by atoms with E-state index in [1.165, 1.54) is 23.9 Å². The first-order valence-corrected chi connectivity index (χ1v) is 9.69. The average Bonchev–Trinajstić information content (AvgIpc) is 3.08. The third-order valence-electron chi connectivity index (χ3n) is 3.38. The molecule has 140 valence electrons. The van der Waals surface area contributed by atoms with E-state index in [0.29, 0.717) is 15.1 Å². The molecule has 4 nitrogen and oxygen atoms in total. The molecule has 1 aromatic heterocycles. The highest BCUT2D eigenvalue weighted by Gasteiger charge is 2.35. The minimum Gasteiger partial charge on any atom is -0.296 e. The van der Waals surface area contributed by atoms with Crippen LogP contribution in [0.2, 0.25) is 5.02 Å². The Hall–Kier alpha value is -2.10. The quantitative estimate of drug-likeness (QED) is 0.414. The van der Waals surface area contributed by atoms with Crippen LogP contribution in [0.3, 0.4) is 0 Å². The molecular weight excluding hydrogens is 419 g/mol. The SMILES string of the molecule is O=C(Nc1nnc(SCc2ccc(Cl)cc2)s1)c1ccccc1C(F)(F)F. The van der Waals surface area contributed by atoms with Crippen LogP contribution in [0, 0.1) is 0 Å². The van der Waals surface area contributed by atoms with E-state index < -0.39 is 23.2 Å². The molecule has 10 heteroatoms. The van der Waals surface area contributed by atoms with Crippen LogP contribution in [0.25, 0.3) is 0 Å². The number of amides is 1. The summed E-state index contributed by atoms with van der Waals surface area (Å²) >= 11 is 8.33. The molecule has 0 unspecified atom stereocenters. The van der Waals surface area contributed by atoms with E-state index in [0.717, 1.165) is 29.0 Å². The first-order chi connectivity index (χ1) is 12.8. The highest BCUT2D eigenvalue weighted by atomic mass is 35.5. The van der Waals surface area contributed by atoms with Crippen molar-refractivity contribution in [1.29, 1.82) is 0 Å². The topological polar surface area (TPSA) is 54.9 Å². The number of hydrogen-bond acceptors (Lipinski definition) is 5. The standard InChI is InChI=1S/C17H11ClF3N3OS2/c18-11-7-5-10(6-8-11)9-26-16-24-23-15(27-16)22-14(25)12-3-1-2-4-13(12)17(19,20)21/h1-8H,9H2,(H,22,23,25). The summed E-state index contributed by atoms with van der Waals surface area (Å²) in [7, 11) is 0. The van der Waals surface area contributed by atoms with E-state index in [9.17, 15) is 18.0 Å². The van der Waals surface area contributed by atoms with Crippen molar-refractivity contribution in [2.75, 3.05) is 5.32 Å². The average molecular weight is 430 g/mol. The highest BCUT2D eigenvalue weighted by Crippen LogP contribution is 2.33. The number of nitrogens with one attached hydrogen (secondary N) is 1. The summed E-state index contributed by atoms with van der Waals surface area (Å²) in [5.74, 6) is -0.259. The fourth-order valence-electron chi connectivity index (χ4n) is 2.14. The molecule has 0 aliphatic rings. The third-order valence-corrected chi connectivity index (χ3v) is 5.67. The predicted molar refractivity (Wildman–Crippen MR) is 100 cm³/mol. The van der Waals surface area contributed by atoms with Gasteiger partial charge in [0.2, 0.25) is 5.13 Å². The van der Waals surface area contributed by atoms with Gasteiger partial charge in [-0.25, -0.2) is 0 Å². The van der Waals surface area contributed by atoms with Gasteiger partial charge in [0, 0.05) is 10.8 Å². The summed E-state index contributed by atoms with van der Waals surface area (Å²) in [5, 5.41) is 10.9. The lowest BCUT2D eigenvalue weighted by Crippen LogP contribution is -2.18. The molecule has 0 saturated heterocycles. The molecule has 1 amide bonds. The molecule has 0 spiro atoms. The van der Waals surface area contributed by atoms with Crippen LogP contribution in [-0.4, -0.2) is 16.1 Å². The Labute approximate surface area is 165 Å². The molecule has 0 aliphatic heterocycles. The second-order valence-corrected chi connectivity index (χ2v) is 7.92. The molecule has 0 fully saturated rings. The summed E-state index contributed by atoms with van der Waals surface area (Å²) in [6.07, 6.45) is -4.62. The molecular formula is C17H11ClF3N3OS2. The maximum atomic E-state index is 13.0. The molecule has 0 radical (unpaired) electrons. The van der Waals surface area contributed by atoms with Gasteiger partial charge in [0.1, 0.15) is 0 Å². The monoisotopic (exact) mass is 429 g/mol. The van der Waals surface area contributed by atoms with Gasteiger partial charge in [-0.2, -0.15) is 13.2 Å². The van der Waals surface area contributed by atoms with Gasteiger partial charge in [-0.3, -0.25) is 10.1 Å². The van der Waals surface area contributed by atoms with Crippen molar-refractivity contribution in [1.82, 2.24) is 10.2 Å². The van der Waals surface area contributed by atoms with Gasteiger partial charge in [0.05, 0.1) is 11.1 Å². The molecule has 1 N–H and O–H groups in total. The molecule has 0 bridgehead atoms. The van der Waals surface area contributed by atoms with Crippen LogP contribution in [0.5, 0.6) is 0 Å². The number of thioether (sulfide) groups is 1. The second-order valence-electron chi connectivity index (χ2n) is 5.29. The van der Waals surface area contributed by atoms with Crippen molar-refractivity contribution >= 4 is 45.7 Å². The summed E-state index contributed by atoms with van der Waals surface area (Å²) in [4.78, 5) is 12.2. The molecule has 0 aliphatic carbocycles. The lowest BCUT2D eigenvalue weighted by Gasteiger charge is -2.11. The van der Waals surface area contributed by atoms with Gasteiger partial charge in [0.25, 0.3) is 5.91 Å². The number of nitrogens with zero attached hydrogens (tertiary/aromatic N) is 2. The Kier molecular flexibility index (Phi) is 6.03. The van der Waals surface area contributed by atoms with Gasteiger partial charge >= 0.3 is 6.18 Å². The fourth-order valence-corrected chi connectivity index (χ4v) is 3.97. The minimum absolute atomic E-state index is 0.135. The molecule has 3 rings (SSSR count). The summed E-state index contributed by atoms with van der Waals surface area (Å²) in [5.41, 5.74) is -0.427. The van der Waals surface area contributed by atoms with E-state index in [2.05, 4.69) is 15.5 Å². The van der Waals surface area contributed by atoms with Gasteiger partial charge in [-0.1, -0.05) is 59.0 Å². The Morgan fingerprint density at radius 2 is 1.81 bits per heavy atom. The Morgan fingerprint density at radius 3 is 2.52 bits per heavy atom. The van der Waals surface area contributed by atoms with Crippen molar-refractivity contribution in [2.24, 2.45) is 0 Å². The summed E-state index contributed by atoms with van der Waals surface area (Å²) in [6, 6.07) is 11.9. The largest absolute Gasteiger partial charge is 0.417 e. The number of carbonyl (C=O) groups is 1. The van der Waals surface area contributed by atoms with E-state index in [1.807, 2.05) is 12.1 Å². The van der Waals surface area contributed by atoms with E-state index in [1.54, 1.807) is 12.1 Å². The predicted octanol–water partition coefficient (Wildman–Crippen LogP) is 5.75. The van der Waals surface area contributed by atoms with Gasteiger partial charge in [-0.15, -0.1) is 10.2 Å². The van der Waals surface area contributed by atoms with Crippen molar-refractivity contribution < 1.29 is 18.0 Å². The first-order valence-electron chi connectivity index (χ1n) is 7.51. The minimum atomic E-state index is -4.62. The van der Waals surface area contributed by atoms with Crippen molar-refractivity contribution in [3.8, 4) is 0 Å². The van der Waals surface area contributed by atoms with Crippen molar-refractivity contribution in [3.05, 3.63) is 70.2 Å². The Bertz CT molecular complexity index is 945. The molecule has 2 aromatic carbocycles. The van der Waals surface area contributed by atoms with Crippen molar-refractivity contribution in [3.63, 3.8) is 0 Å². The number of aromatic nitrogens is 2. The lowest BCUT2D eigenvalue weighted by atomic mass is 10.1. The number of hydrogen-bond donors (Lipinski definition) is 1. The van der Waals surface area contributed by atoms with Crippen LogP contribution in [0.1, 0.15) is 21.5 Å². The van der Waals surface area contributed by atoms with Crippen LogP contribution in [0.15, 0.2) is 52.9 Å².